The van der Waals surface area contributed by atoms with Gasteiger partial charge in [0.15, 0.2) is 0 Å². The van der Waals surface area contributed by atoms with Crippen LogP contribution in [0.25, 0.3) is 6.08 Å². The first kappa shape index (κ1) is 25.9. The molecule has 0 atom stereocenters. The second-order valence-electron chi connectivity index (χ2n) is 8.83. The molecule has 7 nitrogen and oxygen atoms in total. The number of amides is 1. The lowest BCUT2D eigenvalue weighted by atomic mass is 10.0. The topological polar surface area (TPSA) is 72.6 Å². The van der Waals surface area contributed by atoms with Crippen LogP contribution in [0.5, 0.6) is 0 Å². The maximum Gasteiger partial charge on any atom is 0.270 e. The van der Waals surface area contributed by atoms with Crippen molar-refractivity contribution in [1.82, 2.24) is 9.47 Å². The number of carbonyl (C=O) groups excluding carboxylic acids is 1. The first-order chi connectivity index (χ1) is 17.3. The van der Waals surface area contributed by atoms with Crippen LogP contribution in [-0.2, 0) is 11.3 Å². The van der Waals surface area contributed by atoms with E-state index in [0.717, 1.165) is 12.8 Å². The molecule has 0 aliphatic carbocycles. The van der Waals surface area contributed by atoms with Crippen LogP contribution in [0, 0.1) is 24.1 Å². The van der Waals surface area contributed by atoms with E-state index in [9.17, 15) is 19.2 Å². The van der Waals surface area contributed by atoms with E-state index in [1.54, 1.807) is 36.7 Å². The van der Waals surface area contributed by atoms with Crippen LogP contribution < -0.4 is 15.4 Å². The lowest BCUT2D eigenvalue weighted by molar-refractivity contribution is -0.121. The first-order valence-electron chi connectivity index (χ1n) is 11.9. The van der Waals surface area contributed by atoms with Crippen LogP contribution in [0.4, 0.5) is 15.9 Å². The highest BCUT2D eigenvalue weighted by molar-refractivity contribution is 8.26. The van der Waals surface area contributed by atoms with Gasteiger partial charge in [0.1, 0.15) is 27.6 Å². The highest BCUT2D eigenvalue weighted by atomic mass is 32.2. The van der Waals surface area contributed by atoms with E-state index >= 15 is 0 Å². The third-order valence-corrected chi connectivity index (χ3v) is 8.10. The number of hydrogen-bond acceptors (Lipinski definition) is 7. The smallest absolute Gasteiger partial charge is 0.270 e. The van der Waals surface area contributed by atoms with Crippen molar-refractivity contribution < 1.29 is 9.18 Å². The van der Waals surface area contributed by atoms with Gasteiger partial charge in [-0.2, -0.15) is 5.26 Å². The summed E-state index contributed by atoms with van der Waals surface area (Å²) in [5.74, 6) is 0.228. The minimum absolute atomic E-state index is 0.0815. The number of halogens is 1. The molecule has 2 aromatic rings. The molecule has 1 amide bonds. The SMILES string of the molecule is CCCCn1c(N2CCN(c3ccccc3F)CC2)c(/C=C2/SC(=S)N(C)C2=O)c(C)c(C#N)c1=O. The van der Waals surface area contributed by atoms with Crippen LogP contribution >= 0.6 is 24.0 Å². The number of thiocarbonyl (C=S) groups is 1. The van der Waals surface area contributed by atoms with Gasteiger partial charge in [0.25, 0.3) is 11.5 Å². The van der Waals surface area contributed by atoms with Crippen LogP contribution in [0.15, 0.2) is 34.0 Å². The molecule has 0 N–H and O–H groups in total. The van der Waals surface area contributed by atoms with Crippen molar-refractivity contribution in [3.8, 4) is 6.07 Å². The quantitative estimate of drug-likeness (QED) is 0.415. The second-order valence-corrected chi connectivity index (χ2v) is 10.5. The number of anilines is 2. The van der Waals surface area contributed by atoms with Gasteiger partial charge in [-0.05, 0) is 37.1 Å². The number of likely N-dealkylation sites (N-methyl/N-ethyl adjacent to an activating group) is 1. The molecule has 1 aromatic heterocycles. The summed E-state index contributed by atoms with van der Waals surface area (Å²) < 4.78 is 16.5. The number of nitriles is 1. The van der Waals surface area contributed by atoms with E-state index < -0.39 is 0 Å². The summed E-state index contributed by atoms with van der Waals surface area (Å²) >= 11 is 6.51. The third-order valence-electron chi connectivity index (χ3n) is 6.62. The Morgan fingerprint density at radius 3 is 2.42 bits per heavy atom. The van der Waals surface area contributed by atoms with Gasteiger partial charge < -0.3 is 9.80 Å². The molecule has 0 unspecified atom stereocenters. The first-order valence-corrected chi connectivity index (χ1v) is 13.1. The predicted octanol–water partition coefficient (Wildman–Crippen LogP) is 4.13. The number of unbranched alkanes of at least 4 members (excludes halogenated alkanes) is 1. The fourth-order valence-corrected chi connectivity index (χ4v) is 5.71. The minimum Gasteiger partial charge on any atom is -0.366 e. The molecule has 2 aliphatic heterocycles. The van der Waals surface area contributed by atoms with Crippen LogP contribution in [0.1, 0.15) is 36.5 Å². The maximum absolute atomic E-state index is 14.4. The normalized spacial score (nSPS) is 17.3. The zero-order valence-corrected chi connectivity index (χ0v) is 22.2. The number of para-hydroxylation sites is 1. The summed E-state index contributed by atoms with van der Waals surface area (Å²) in [5.41, 5.74) is 1.54. The van der Waals surface area contributed by atoms with Gasteiger partial charge in [-0.15, -0.1) is 0 Å². The average Bonchev–Trinajstić information content (AvgIpc) is 3.12. The lowest BCUT2D eigenvalue weighted by Crippen LogP contribution is -2.49. The second kappa shape index (κ2) is 10.8. The van der Waals surface area contributed by atoms with E-state index in [-0.39, 0.29) is 22.8 Å². The number of rotatable bonds is 6. The van der Waals surface area contributed by atoms with Gasteiger partial charge in [0.2, 0.25) is 0 Å². The fraction of sp³-hybridized carbons (Fsp3) is 0.385. The molecule has 2 fully saturated rings. The molecule has 2 aliphatic rings. The van der Waals surface area contributed by atoms with Crippen LogP contribution in [0.3, 0.4) is 0 Å². The van der Waals surface area contributed by atoms with Crippen molar-refractivity contribution >= 4 is 51.8 Å². The van der Waals surface area contributed by atoms with E-state index in [4.69, 9.17) is 12.2 Å². The Bertz CT molecular complexity index is 1340. The Balaban J connectivity index is 1.81. The summed E-state index contributed by atoms with van der Waals surface area (Å²) in [6.07, 6.45) is 3.42. The van der Waals surface area contributed by atoms with E-state index in [0.29, 0.717) is 64.6 Å². The molecule has 4 rings (SSSR count). The predicted molar refractivity (Wildman–Crippen MR) is 147 cm³/mol. The monoisotopic (exact) mass is 525 g/mol. The number of benzene rings is 1. The van der Waals surface area contributed by atoms with Crippen molar-refractivity contribution in [2.75, 3.05) is 43.0 Å². The van der Waals surface area contributed by atoms with Crippen molar-refractivity contribution in [3.05, 3.63) is 62.0 Å². The van der Waals surface area contributed by atoms with Crippen LogP contribution in [0.2, 0.25) is 0 Å². The van der Waals surface area contributed by atoms with E-state index in [1.165, 1.54) is 22.7 Å². The minimum atomic E-state index is -0.324. The lowest BCUT2D eigenvalue weighted by Gasteiger charge is -2.39. The number of hydrogen-bond donors (Lipinski definition) is 0. The molecule has 0 saturated carbocycles. The number of nitrogens with zero attached hydrogens (tertiary/aromatic N) is 5. The summed E-state index contributed by atoms with van der Waals surface area (Å²) in [5, 5.41) is 9.82. The third kappa shape index (κ3) is 4.77. The average molecular weight is 526 g/mol. The Hall–Kier alpha value is -3.16. The fourth-order valence-electron chi connectivity index (χ4n) is 4.55. The van der Waals surface area contributed by atoms with Crippen molar-refractivity contribution in [2.45, 2.75) is 33.2 Å². The van der Waals surface area contributed by atoms with Gasteiger partial charge in [0.05, 0.1) is 10.6 Å². The molecule has 1 aromatic carbocycles. The highest BCUT2D eigenvalue weighted by Gasteiger charge is 2.31. The molecule has 0 bridgehead atoms. The van der Waals surface area contributed by atoms with Crippen molar-refractivity contribution in [2.24, 2.45) is 0 Å². The summed E-state index contributed by atoms with van der Waals surface area (Å²) in [7, 11) is 1.64. The van der Waals surface area contributed by atoms with E-state index in [1.807, 2.05) is 17.9 Å². The maximum atomic E-state index is 14.4. The van der Waals surface area contributed by atoms with E-state index in [2.05, 4.69) is 11.0 Å². The molecular weight excluding hydrogens is 497 g/mol. The molecule has 0 spiro atoms. The largest absolute Gasteiger partial charge is 0.366 e. The summed E-state index contributed by atoms with van der Waals surface area (Å²) in [6.45, 7) is 6.51. The number of thioether (sulfide) groups is 1. The molecular formula is C26H28FN5O2S2. The van der Waals surface area contributed by atoms with Gasteiger partial charge in [-0.3, -0.25) is 19.1 Å². The zero-order valence-electron chi connectivity index (χ0n) is 20.6. The summed E-state index contributed by atoms with van der Waals surface area (Å²) in [4.78, 5) is 32.2. The van der Waals surface area contributed by atoms with Gasteiger partial charge in [-0.25, -0.2) is 4.39 Å². The molecule has 10 heteroatoms. The van der Waals surface area contributed by atoms with Gasteiger partial charge >= 0.3 is 0 Å². The van der Waals surface area contributed by atoms with Crippen molar-refractivity contribution in [1.29, 1.82) is 5.26 Å². The zero-order chi connectivity index (χ0) is 26.0. The van der Waals surface area contributed by atoms with Gasteiger partial charge in [0, 0.05) is 45.3 Å². The molecule has 188 valence electrons. The standard InChI is InChI=1S/C26H28FN5O2S2/c1-4-5-10-32-23(31-13-11-30(12-14-31)21-9-7-6-8-20(21)27)18(17(2)19(16-28)24(32)33)15-22-25(34)29(3)26(35)36-22/h6-9,15H,4-5,10-14H2,1-3H3/b22-15+. The number of carbonyl (C=O) groups is 1. The summed E-state index contributed by atoms with van der Waals surface area (Å²) in [6, 6.07) is 8.80. The molecule has 2 saturated heterocycles. The number of piperazine rings is 1. The van der Waals surface area contributed by atoms with Crippen molar-refractivity contribution in [3.63, 3.8) is 0 Å². The van der Waals surface area contributed by atoms with Crippen LogP contribution in [-0.4, -0.2) is 52.9 Å². The number of pyridine rings is 1. The Kier molecular flexibility index (Phi) is 7.81. The molecule has 0 radical (unpaired) electrons. The number of aromatic nitrogens is 1. The Morgan fingerprint density at radius 2 is 1.83 bits per heavy atom. The Morgan fingerprint density at radius 1 is 1.17 bits per heavy atom. The highest BCUT2D eigenvalue weighted by Crippen LogP contribution is 2.35. The molecule has 36 heavy (non-hydrogen) atoms. The van der Waals surface area contributed by atoms with Gasteiger partial charge in [-0.1, -0.05) is 49.5 Å². The Labute approximate surface area is 219 Å². The molecule has 3 heterocycles.